The third-order valence-corrected chi connectivity index (χ3v) is 3.60. The quantitative estimate of drug-likeness (QED) is 0.750. The summed E-state index contributed by atoms with van der Waals surface area (Å²) < 4.78 is 1.78. The fourth-order valence-electron chi connectivity index (χ4n) is 2.45. The molecule has 0 spiro atoms. The van der Waals surface area contributed by atoms with Gasteiger partial charge in [0.05, 0.1) is 0 Å². The molecule has 1 aliphatic rings. The smallest absolute Gasteiger partial charge is 0.138 e. The SMILES string of the molecule is CC1(C)C(CN)C1CCn1cnnn1. The predicted molar refractivity (Wildman–Crippen MR) is 52.2 cm³/mol. The lowest BCUT2D eigenvalue weighted by Crippen LogP contribution is -2.05. The van der Waals surface area contributed by atoms with E-state index in [1.807, 2.05) is 0 Å². The molecule has 2 unspecified atom stereocenters. The molecular formula is C9H17N5. The van der Waals surface area contributed by atoms with Gasteiger partial charge in [-0.25, -0.2) is 4.68 Å². The summed E-state index contributed by atoms with van der Waals surface area (Å²) in [7, 11) is 0. The molecule has 0 aliphatic heterocycles. The monoisotopic (exact) mass is 195 g/mol. The van der Waals surface area contributed by atoms with Crippen molar-refractivity contribution in [3.63, 3.8) is 0 Å². The Bertz CT molecular complexity index is 292. The van der Waals surface area contributed by atoms with E-state index >= 15 is 0 Å². The van der Waals surface area contributed by atoms with Crippen LogP contribution in [0.25, 0.3) is 0 Å². The van der Waals surface area contributed by atoms with Crippen LogP contribution in [0.5, 0.6) is 0 Å². The van der Waals surface area contributed by atoms with Crippen LogP contribution in [0.4, 0.5) is 0 Å². The molecular weight excluding hydrogens is 178 g/mol. The number of tetrazole rings is 1. The van der Waals surface area contributed by atoms with Gasteiger partial charge in [0.15, 0.2) is 0 Å². The van der Waals surface area contributed by atoms with Crippen LogP contribution in [0.1, 0.15) is 20.3 Å². The van der Waals surface area contributed by atoms with Gasteiger partial charge in [0.2, 0.25) is 0 Å². The van der Waals surface area contributed by atoms with Gasteiger partial charge in [-0.2, -0.15) is 0 Å². The Morgan fingerprint density at radius 3 is 2.71 bits per heavy atom. The molecule has 2 atom stereocenters. The molecule has 0 saturated heterocycles. The molecule has 78 valence electrons. The maximum Gasteiger partial charge on any atom is 0.138 e. The largest absolute Gasteiger partial charge is 0.330 e. The first-order chi connectivity index (χ1) is 6.66. The Labute approximate surface area is 83.7 Å². The third kappa shape index (κ3) is 1.52. The van der Waals surface area contributed by atoms with Crippen LogP contribution in [-0.4, -0.2) is 26.8 Å². The van der Waals surface area contributed by atoms with Gasteiger partial charge in [0, 0.05) is 6.54 Å². The Morgan fingerprint density at radius 1 is 1.43 bits per heavy atom. The predicted octanol–water partition coefficient (Wildman–Crippen LogP) is 0.294. The molecule has 1 aromatic rings. The normalized spacial score (nSPS) is 29.1. The second kappa shape index (κ2) is 3.31. The van der Waals surface area contributed by atoms with Crippen LogP contribution < -0.4 is 5.73 Å². The molecule has 1 aromatic heterocycles. The lowest BCUT2D eigenvalue weighted by molar-refractivity contribution is 0.470. The number of nitrogens with zero attached hydrogens (tertiary/aromatic N) is 4. The van der Waals surface area contributed by atoms with E-state index in [4.69, 9.17) is 5.73 Å². The first kappa shape index (κ1) is 9.58. The van der Waals surface area contributed by atoms with Gasteiger partial charge >= 0.3 is 0 Å². The van der Waals surface area contributed by atoms with Crippen molar-refractivity contribution in [1.82, 2.24) is 20.2 Å². The molecule has 1 saturated carbocycles. The van der Waals surface area contributed by atoms with Gasteiger partial charge in [-0.3, -0.25) is 0 Å². The number of hydrogen-bond acceptors (Lipinski definition) is 4. The molecule has 14 heavy (non-hydrogen) atoms. The molecule has 0 bridgehead atoms. The standard InChI is InChI=1S/C9H17N5/c1-9(2)7(8(9)5-10)3-4-14-6-11-12-13-14/h6-8H,3-5,10H2,1-2H3. The van der Waals surface area contributed by atoms with Crippen LogP contribution in [0.15, 0.2) is 6.33 Å². The minimum atomic E-state index is 0.419. The van der Waals surface area contributed by atoms with E-state index in [-0.39, 0.29) is 0 Å². The van der Waals surface area contributed by atoms with Crippen LogP contribution >= 0.6 is 0 Å². The summed E-state index contributed by atoms with van der Waals surface area (Å²) in [4.78, 5) is 0. The average molecular weight is 195 g/mol. The van der Waals surface area contributed by atoms with E-state index in [1.54, 1.807) is 11.0 Å². The van der Waals surface area contributed by atoms with Crippen molar-refractivity contribution in [2.24, 2.45) is 23.0 Å². The summed E-state index contributed by atoms with van der Waals surface area (Å²) >= 11 is 0. The highest BCUT2D eigenvalue weighted by molar-refractivity contribution is 5.04. The first-order valence-electron chi connectivity index (χ1n) is 5.07. The van der Waals surface area contributed by atoms with Crippen molar-refractivity contribution >= 4 is 0 Å². The molecule has 1 heterocycles. The summed E-state index contributed by atoms with van der Waals surface area (Å²) in [6.45, 7) is 6.27. The van der Waals surface area contributed by atoms with Crippen molar-refractivity contribution in [2.45, 2.75) is 26.8 Å². The van der Waals surface area contributed by atoms with Gasteiger partial charge in [-0.1, -0.05) is 13.8 Å². The van der Waals surface area contributed by atoms with Crippen molar-refractivity contribution in [1.29, 1.82) is 0 Å². The number of hydrogen-bond donors (Lipinski definition) is 1. The zero-order valence-corrected chi connectivity index (χ0v) is 8.72. The molecule has 5 nitrogen and oxygen atoms in total. The highest BCUT2D eigenvalue weighted by Crippen LogP contribution is 2.59. The Hall–Kier alpha value is -0.970. The molecule has 0 amide bonds. The fourth-order valence-corrected chi connectivity index (χ4v) is 2.45. The van der Waals surface area contributed by atoms with Crippen LogP contribution in [0, 0.1) is 17.3 Å². The van der Waals surface area contributed by atoms with Crippen LogP contribution in [-0.2, 0) is 6.54 Å². The lowest BCUT2D eigenvalue weighted by Gasteiger charge is -2.01. The third-order valence-electron chi connectivity index (χ3n) is 3.60. The average Bonchev–Trinajstić information content (AvgIpc) is 2.57. The second-order valence-electron chi connectivity index (χ2n) is 4.63. The minimum Gasteiger partial charge on any atom is -0.330 e. The zero-order valence-electron chi connectivity index (χ0n) is 8.72. The van der Waals surface area contributed by atoms with Gasteiger partial charge in [0.25, 0.3) is 0 Å². The van der Waals surface area contributed by atoms with Crippen LogP contribution in [0.2, 0.25) is 0 Å². The lowest BCUT2D eigenvalue weighted by atomic mass is 10.1. The zero-order chi connectivity index (χ0) is 10.2. The fraction of sp³-hybridized carbons (Fsp3) is 0.889. The summed E-state index contributed by atoms with van der Waals surface area (Å²) in [5.41, 5.74) is 6.12. The van der Waals surface area contributed by atoms with E-state index in [9.17, 15) is 0 Å². The van der Waals surface area contributed by atoms with Gasteiger partial charge in [-0.05, 0) is 40.6 Å². The molecule has 0 radical (unpaired) electrons. The van der Waals surface area contributed by atoms with Gasteiger partial charge in [-0.15, -0.1) is 5.10 Å². The number of rotatable bonds is 4. The molecule has 0 aromatic carbocycles. The maximum absolute atomic E-state index is 5.70. The Kier molecular flexibility index (Phi) is 2.26. The Balaban J connectivity index is 1.83. The van der Waals surface area contributed by atoms with Gasteiger partial charge in [0.1, 0.15) is 6.33 Å². The molecule has 2 rings (SSSR count). The van der Waals surface area contributed by atoms with Crippen molar-refractivity contribution in [3.05, 3.63) is 6.33 Å². The Morgan fingerprint density at radius 2 is 2.21 bits per heavy atom. The van der Waals surface area contributed by atoms with Crippen molar-refractivity contribution in [2.75, 3.05) is 6.54 Å². The maximum atomic E-state index is 5.70. The highest BCUT2D eigenvalue weighted by atomic mass is 15.5. The van der Waals surface area contributed by atoms with Crippen LogP contribution in [0.3, 0.4) is 0 Å². The van der Waals surface area contributed by atoms with Crippen molar-refractivity contribution < 1.29 is 0 Å². The van der Waals surface area contributed by atoms with Crippen molar-refractivity contribution in [3.8, 4) is 0 Å². The summed E-state index contributed by atoms with van der Waals surface area (Å²) in [5.74, 6) is 1.41. The number of aryl methyl sites for hydroxylation is 1. The minimum absolute atomic E-state index is 0.419. The summed E-state index contributed by atoms with van der Waals surface area (Å²) in [6.07, 6.45) is 2.78. The van der Waals surface area contributed by atoms with E-state index in [0.717, 1.165) is 25.4 Å². The highest BCUT2D eigenvalue weighted by Gasteiger charge is 2.55. The number of nitrogens with two attached hydrogens (primary N) is 1. The molecule has 2 N–H and O–H groups in total. The first-order valence-corrected chi connectivity index (χ1v) is 5.07. The van der Waals surface area contributed by atoms with E-state index in [2.05, 4.69) is 29.4 Å². The van der Waals surface area contributed by atoms with E-state index in [1.165, 1.54) is 0 Å². The van der Waals surface area contributed by atoms with E-state index < -0.39 is 0 Å². The second-order valence-corrected chi connectivity index (χ2v) is 4.63. The van der Waals surface area contributed by atoms with Gasteiger partial charge < -0.3 is 5.73 Å². The number of aromatic nitrogens is 4. The topological polar surface area (TPSA) is 69.6 Å². The molecule has 5 heteroatoms. The molecule has 1 fully saturated rings. The summed E-state index contributed by atoms with van der Waals surface area (Å²) in [6, 6.07) is 0. The van der Waals surface area contributed by atoms with E-state index in [0.29, 0.717) is 11.3 Å². The summed E-state index contributed by atoms with van der Waals surface area (Å²) in [5, 5.41) is 11.0. The molecule has 1 aliphatic carbocycles.